The monoisotopic (exact) mass is 520 g/mol. The molecule has 0 aliphatic carbocycles. The van der Waals surface area contributed by atoms with E-state index in [1.54, 1.807) is 19.2 Å². The largest absolute Gasteiger partial charge is 0.496 e. The molecule has 0 bridgehead atoms. The fraction of sp³-hybridized carbons (Fsp3) is 0.433. The zero-order valence-electron chi connectivity index (χ0n) is 22.7. The average molecular weight is 521 g/mol. The van der Waals surface area contributed by atoms with E-state index >= 15 is 0 Å². The lowest BCUT2D eigenvalue weighted by molar-refractivity contribution is -0.152. The summed E-state index contributed by atoms with van der Waals surface area (Å²) in [5.74, 6) is -0.611. The number of aromatic amines is 1. The first-order chi connectivity index (χ1) is 18.3. The van der Waals surface area contributed by atoms with E-state index in [-0.39, 0.29) is 11.8 Å². The molecule has 1 saturated heterocycles. The van der Waals surface area contributed by atoms with Crippen LogP contribution in [-0.4, -0.2) is 55.0 Å². The lowest BCUT2D eigenvalue weighted by atomic mass is 9.85. The van der Waals surface area contributed by atoms with E-state index in [4.69, 9.17) is 14.2 Å². The van der Waals surface area contributed by atoms with Gasteiger partial charge in [0.05, 0.1) is 25.7 Å². The zero-order valence-corrected chi connectivity index (χ0v) is 22.7. The highest BCUT2D eigenvalue weighted by Gasteiger charge is 2.39. The average Bonchev–Trinajstić information content (AvgIpc) is 3.52. The fourth-order valence-corrected chi connectivity index (χ4v) is 5.56. The van der Waals surface area contributed by atoms with Crippen LogP contribution in [0.1, 0.15) is 79.1 Å². The van der Waals surface area contributed by atoms with Gasteiger partial charge in [-0.3, -0.25) is 9.59 Å². The molecule has 8 heteroatoms. The Morgan fingerprint density at radius 3 is 2.53 bits per heavy atom. The van der Waals surface area contributed by atoms with E-state index in [1.807, 2.05) is 42.3 Å². The maximum Gasteiger partial charge on any atom is 0.337 e. The second-order valence-electron chi connectivity index (χ2n) is 9.68. The molecule has 0 saturated carbocycles. The number of esters is 2. The molecule has 2 heterocycles. The SMILES string of the molecule is CCCC(c1ccc(C(=O)OC)cc1OC)c1c[nH]c2ccc(C(OC(C)=O)C3CCN(CC)C3=O)cc12. The number of benzene rings is 2. The number of nitrogens with one attached hydrogen (secondary N) is 1. The molecular formula is C30H36N2O6. The quantitative estimate of drug-likeness (QED) is 0.361. The normalized spacial score (nSPS) is 16.9. The van der Waals surface area contributed by atoms with Crippen LogP contribution in [0.25, 0.3) is 10.9 Å². The minimum atomic E-state index is -0.651. The van der Waals surface area contributed by atoms with Gasteiger partial charge in [0.2, 0.25) is 5.91 Å². The standard InChI is InChI=1S/C30H36N2O6/c1-6-8-21(22-11-9-20(30(35)37-5)16-27(22)36-4)25-17-31-26-12-10-19(15-24(25)26)28(38-18(3)33)23-13-14-32(7-2)29(23)34/h9-12,15-17,21,23,28,31H,6-8,13-14H2,1-5H3. The molecule has 2 aromatic carbocycles. The Morgan fingerprint density at radius 1 is 1.11 bits per heavy atom. The summed E-state index contributed by atoms with van der Waals surface area (Å²) in [5, 5.41) is 0.995. The molecule has 1 aliphatic heterocycles. The minimum Gasteiger partial charge on any atom is -0.496 e. The number of hydrogen-bond acceptors (Lipinski definition) is 6. The van der Waals surface area contributed by atoms with Gasteiger partial charge in [-0.05, 0) is 55.2 Å². The van der Waals surface area contributed by atoms with E-state index in [2.05, 4.69) is 11.9 Å². The molecule has 3 aromatic rings. The Morgan fingerprint density at radius 2 is 1.89 bits per heavy atom. The highest BCUT2D eigenvalue weighted by molar-refractivity contribution is 5.90. The molecule has 1 N–H and O–H groups in total. The van der Waals surface area contributed by atoms with E-state index in [9.17, 15) is 14.4 Å². The highest BCUT2D eigenvalue weighted by Crippen LogP contribution is 2.41. The van der Waals surface area contributed by atoms with Crippen LogP contribution in [0.5, 0.6) is 5.75 Å². The number of carbonyl (C=O) groups excluding carboxylic acids is 3. The van der Waals surface area contributed by atoms with Crippen LogP contribution in [0.2, 0.25) is 0 Å². The fourth-order valence-electron chi connectivity index (χ4n) is 5.56. The number of aromatic nitrogens is 1. The number of fused-ring (bicyclic) bond motifs is 1. The van der Waals surface area contributed by atoms with Gasteiger partial charge in [0.1, 0.15) is 11.9 Å². The number of hydrogen-bond donors (Lipinski definition) is 1. The number of carbonyl (C=O) groups is 3. The summed E-state index contributed by atoms with van der Waals surface area (Å²) in [7, 11) is 2.95. The Labute approximate surface area is 223 Å². The van der Waals surface area contributed by atoms with Crippen molar-refractivity contribution >= 4 is 28.7 Å². The third-order valence-electron chi connectivity index (χ3n) is 7.43. The van der Waals surface area contributed by atoms with Crippen LogP contribution >= 0.6 is 0 Å². The van der Waals surface area contributed by atoms with Crippen molar-refractivity contribution in [1.29, 1.82) is 0 Å². The lowest BCUT2D eigenvalue weighted by Crippen LogP contribution is -2.30. The first-order valence-electron chi connectivity index (χ1n) is 13.2. The van der Waals surface area contributed by atoms with Crippen LogP contribution < -0.4 is 4.74 Å². The zero-order chi connectivity index (χ0) is 27.4. The Balaban J connectivity index is 1.79. The van der Waals surface area contributed by atoms with Crippen LogP contribution in [0.4, 0.5) is 0 Å². The van der Waals surface area contributed by atoms with Crippen molar-refractivity contribution < 1.29 is 28.6 Å². The van der Waals surface area contributed by atoms with Gasteiger partial charge < -0.3 is 24.1 Å². The summed E-state index contributed by atoms with van der Waals surface area (Å²) >= 11 is 0. The lowest BCUT2D eigenvalue weighted by Gasteiger charge is -2.24. The van der Waals surface area contributed by atoms with Gasteiger partial charge in [0.15, 0.2) is 0 Å². The smallest absolute Gasteiger partial charge is 0.337 e. The van der Waals surface area contributed by atoms with E-state index in [1.165, 1.54) is 14.0 Å². The van der Waals surface area contributed by atoms with Crippen LogP contribution in [0, 0.1) is 5.92 Å². The topological polar surface area (TPSA) is 97.9 Å². The van der Waals surface area contributed by atoms with E-state index in [0.717, 1.165) is 40.4 Å². The molecule has 0 spiro atoms. The number of likely N-dealkylation sites (tertiary alicyclic amines) is 1. The number of ether oxygens (including phenoxy) is 3. The van der Waals surface area contributed by atoms with Crippen molar-refractivity contribution in [2.24, 2.45) is 5.92 Å². The molecule has 0 radical (unpaired) electrons. The van der Waals surface area contributed by atoms with Crippen molar-refractivity contribution in [3.63, 3.8) is 0 Å². The van der Waals surface area contributed by atoms with Crippen LogP contribution in [-0.2, 0) is 19.1 Å². The second kappa shape index (κ2) is 11.7. The Hall–Kier alpha value is -3.81. The van der Waals surface area contributed by atoms with Gasteiger partial charge in [-0.15, -0.1) is 0 Å². The van der Waals surface area contributed by atoms with Crippen molar-refractivity contribution in [2.75, 3.05) is 27.3 Å². The van der Waals surface area contributed by atoms with Crippen LogP contribution in [0.15, 0.2) is 42.6 Å². The molecular weight excluding hydrogens is 484 g/mol. The van der Waals surface area contributed by atoms with Crippen molar-refractivity contribution in [1.82, 2.24) is 9.88 Å². The second-order valence-corrected chi connectivity index (χ2v) is 9.68. The summed E-state index contributed by atoms with van der Waals surface area (Å²) in [4.78, 5) is 42.4. The summed E-state index contributed by atoms with van der Waals surface area (Å²) in [6.07, 6.45) is 3.78. The van der Waals surface area contributed by atoms with Gasteiger partial charge in [-0.2, -0.15) is 0 Å². The minimum absolute atomic E-state index is 0.0125. The van der Waals surface area contributed by atoms with Crippen molar-refractivity contribution in [3.8, 4) is 5.75 Å². The van der Waals surface area contributed by atoms with Crippen LogP contribution in [0.3, 0.4) is 0 Å². The molecule has 4 rings (SSSR count). The molecule has 3 atom stereocenters. The van der Waals surface area contributed by atoms with Crippen molar-refractivity contribution in [2.45, 2.75) is 52.1 Å². The van der Waals surface area contributed by atoms with E-state index < -0.39 is 24.0 Å². The first kappa shape index (κ1) is 27.2. The third kappa shape index (κ3) is 5.26. The number of methoxy groups -OCH3 is 2. The maximum atomic E-state index is 13.0. The molecule has 202 valence electrons. The molecule has 1 fully saturated rings. The Kier molecular flexibility index (Phi) is 8.39. The summed E-state index contributed by atoms with van der Waals surface area (Å²) in [6, 6.07) is 11.3. The summed E-state index contributed by atoms with van der Waals surface area (Å²) in [5.41, 5.74) is 4.21. The van der Waals surface area contributed by atoms with Gasteiger partial charge in [0.25, 0.3) is 0 Å². The number of amides is 1. The number of nitrogens with zero attached hydrogens (tertiary/aromatic N) is 1. The number of rotatable bonds is 10. The predicted molar refractivity (Wildman–Crippen MR) is 144 cm³/mol. The summed E-state index contributed by atoms with van der Waals surface area (Å²) in [6.45, 7) is 6.77. The Bertz CT molecular complexity index is 1330. The van der Waals surface area contributed by atoms with E-state index in [0.29, 0.717) is 30.8 Å². The van der Waals surface area contributed by atoms with Crippen molar-refractivity contribution in [3.05, 3.63) is 64.8 Å². The first-order valence-corrected chi connectivity index (χ1v) is 13.2. The molecule has 38 heavy (non-hydrogen) atoms. The van der Waals surface area contributed by atoms with Gasteiger partial charge >= 0.3 is 11.9 Å². The number of H-pyrrole nitrogens is 1. The molecule has 1 amide bonds. The molecule has 1 aliphatic rings. The highest BCUT2D eigenvalue weighted by atomic mass is 16.5. The molecule has 1 aromatic heterocycles. The molecule has 8 nitrogen and oxygen atoms in total. The van der Waals surface area contributed by atoms with Gasteiger partial charge in [-0.1, -0.05) is 25.5 Å². The van der Waals surface area contributed by atoms with Gasteiger partial charge in [-0.25, -0.2) is 4.79 Å². The third-order valence-corrected chi connectivity index (χ3v) is 7.43. The predicted octanol–water partition coefficient (Wildman–Crippen LogP) is 5.37. The molecule has 3 unspecified atom stereocenters. The van der Waals surface area contributed by atoms with Gasteiger partial charge in [0, 0.05) is 48.6 Å². The maximum absolute atomic E-state index is 13.0. The summed E-state index contributed by atoms with van der Waals surface area (Å²) < 4.78 is 16.3.